The van der Waals surface area contributed by atoms with Gasteiger partial charge in [-0.05, 0) is 24.4 Å². The summed E-state index contributed by atoms with van der Waals surface area (Å²) in [6.45, 7) is 2.06. The average molecular weight is 308 g/mol. The Morgan fingerprint density at radius 3 is 2.67 bits per heavy atom. The second-order valence-electron chi connectivity index (χ2n) is 4.59. The maximum Gasteiger partial charge on any atom is 0.134 e. The molecule has 0 unspecified atom stereocenters. The summed E-state index contributed by atoms with van der Waals surface area (Å²) in [5.41, 5.74) is 3.84. The first-order chi connectivity index (χ1) is 10.3. The molecular formula is C17H12N2S2. The van der Waals surface area contributed by atoms with E-state index in [-0.39, 0.29) is 0 Å². The molecule has 0 amide bonds. The minimum absolute atomic E-state index is 0.612. The number of aromatic nitrogens is 1. The number of nitriles is 1. The number of thiazole rings is 1. The van der Waals surface area contributed by atoms with Gasteiger partial charge in [0.15, 0.2) is 0 Å². The van der Waals surface area contributed by atoms with Crippen molar-refractivity contribution in [2.45, 2.75) is 6.92 Å². The zero-order chi connectivity index (χ0) is 14.7. The summed E-state index contributed by atoms with van der Waals surface area (Å²) in [6, 6.07) is 14.5. The van der Waals surface area contributed by atoms with E-state index in [1.54, 1.807) is 11.3 Å². The van der Waals surface area contributed by atoms with Crippen LogP contribution in [0.3, 0.4) is 0 Å². The first kappa shape index (κ1) is 13.7. The van der Waals surface area contributed by atoms with E-state index in [9.17, 15) is 5.26 Å². The number of aryl methyl sites for hydroxylation is 1. The fourth-order valence-corrected chi connectivity index (χ4v) is 3.36. The number of thiophene rings is 1. The Bertz CT molecular complexity index is 803. The van der Waals surface area contributed by atoms with Crippen LogP contribution in [0.2, 0.25) is 0 Å². The summed E-state index contributed by atoms with van der Waals surface area (Å²) >= 11 is 3.12. The largest absolute Gasteiger partial charge is 0.235 e. The van der Waals surface area contributed by atoms with Crippen molar-refractivity contribution in [2.24, 2.45) is 0 Å². The molecule has 0 fully saturated rings. The molecule has 3 rings (SSSR count). The number of benzene rings is 1. The highest BCUT2D eigenvalue weighted by Crippen LogP contribution is 2.28. The highest BCUT2D eigenvalue weighted by molar-refractivity contribution is 7.12. The van der Waals surface area contributed by atoms with E-state index >= 15 is 0 Å². The van der Waals surface area contributed by atoms with Crippen molar-refractivity contribution in [1.82, 2.24) is 4.98 Å². The molecule has 0 N–H and O–H groups in total. The molecule has 0 aliphatic rings. The molecule has 21 heavy (non-hydrogen) atoms. The van der Waals surface area contributed by atoms with Crippen LogP contribution in [0.1, 0.15) is 15.4 Å². The number of rotatable bonds is 3. The summed E-state index contributed by atoms with van der Waals surface area (Å²) < 4.78 is 0. The topological polar surface area (TPSA) is 36.7 Å². The van der Waals surface area contributed by atoms with E-state index < -0.39 is 0 Å². The van der Waals surface area contributed by atoms with Crippen molar-refractivity contribution in [3.8, 4) is 17.3 Å². The maximum absolute atomic E-state index is 9.35. The number of allylic oxidation sites excluding steroid dienone is 1. The van der Waals surface area contributed by atoms with Crippen LogP contribution in [0.4, 0.5) is 0 Å². The van der Waals surface area contributed by atoms with Gasteiger partial charge in [0.2, 0.25) is 0 Å². The third kappa shape index (κ3) is 3.10. The van der Waals surface area contributed by atoms with Crippen molar-refractivity contribution < 1.29 is 0 Å². The summed E-state index contributed by atoms with van der Waals surface area (Å²) in [7, 11) is 0. The Morgan fingerprint density at radius 1 is 1.19 bits per heavy atom. The quantitative estimate of drug-likeness (QED) is 0.620. The third-order valence-corrected chi connectivity index (χ3v) is 4.73. The van der Waals surface area contributed by atoms with E-state index in [0.717, 1.165) is 21.1 Å². The van der Waals surface area contributed by atoms with Gasteiger partial charge < -0.3 is 0 Å². The lowest BCUT2D eigenvalue weighted by Crippen LogP contribution is -1.82. The molecule has 1 aromatic carbocycles. The molecule has 0 saturated heterocycles. The average Bonchev–Trinajstić information content (AvgIpc) is 3.17. The van der Waals surface area contributed by atoms with Crippen LogP contribution >= 0.6 is 22.7 Å². The van der Waals surface area contributed by atoms with Gasteiger partial charge in [0.25, 0.3) is 0 Å². The zero-order valence-corrected chi connectivity index (χ0v) is 13.0. The normalized spacial score (nSPS) is 11.3. The molecule has 2 aromatic heterocycles. The van der Waals surface area contributed by atoms with Gasteiger partial charge in [-0.1, -0.05) is 35.9 Å². The number of hydrogen-bond donors (Lipinski definition) is 0. The van der Waals surface area contributed by atoms with Gasteiger partial charge >= 0.3 is 0 Å². The van der Waals surface area contributed by atoms with E-state index in [1.807, 2.05) is 29.0 Å². The molecule has 0 radical (unpaired) electrons. The fraction of sp³-hybridized carbons (Fsp3) is 0.0588. The molecule has 0 bridgehead atoms. The number of hydrogen-bond acceptors (Lipinski definition) is 4. The van der Waals surface area contributed by atoms with Gasteiger partial charge in [0.1, 0.15) is 11.1 Å². The van der Waals surface area contributed by atoms with Crippen LogP contribution in [0.5, 0.6) is 0 Å². The summed E-state index contributed by atoms with van der Waals surface area (Å²) in [4.78, 5) is 5.66. The second-order valence-corrected chi connectivity index (χ2v) is 6.43. The van der Waals surface area contributed by atoms with Gasteiger partial charge in [0.05, 0.1) is 11.3 Å². The predicted octanol–water partition coefficient (Wildman–Crippen LogP) is 5.24. The van der Waals surface area contributed by atoms with Crippen LogP contribution in [-0.2, 0) is 0 Å². The van der Waals surface area contributed by atoms with E-state index in [0.29, 0.717) is 5.57 Å². The molecule has 2 heterocycles. The first-order valence-corrected chi connectivity index (χ1v) is 8.20. The Hall–Kier alpha value is -2.22. The van der Waals surface area contributed by atoms with E-state index in [2.05, 4.69) is 42.2 Å². The molecule has 2 nitrogen and oxygen atoms in total. The van der Waals surface area contributed by atoms with Crippen LogP contribution < -0.4 is 0 Å². The van der Waals surface area contributed by atoms with Crippen molar-refractivity contribution in [3.05, 3.63) is 62.6 Å². The first-order valence-electron chi connectivity index (χ1n) is 6.44. The second kappa shape index (κ2) is 6.04. The third-order valence-electron chi connectivity index (χ3n) is 3.03. The number of nitrogens with zero attached hydrogens (tertiary/aromatic N) is 2. The van der Waals surface area contributed by atoms with Crippen LogP contribution in [0.25, 0.3) is 22.9 Å². The molecule has 102 valence electrons. The smallest absolute Gasteiger partial charge is 0.134 e. The summed E-state index contributed by atoms with van der Waals surface area (Å²) in [5, 5.41) is 14.1. The van der Waals surface area contributed by atoms with Crippen LogP contribution in [0.15, 0.2) is 47.2 Å². The SMILES string of the molecule is Cc1ccc(-c2csc(/C(C#N)=C\c3cccs3)n2)cc1. The van der Waals surface area contributed by atoms with Crippen molar-refractivity contribution >= 4 is 34.3 Å². The van der Waals surface area contributed by atoms with Gasteiger partial charge in [-0.15, -0.1) is 22.7 Å². The highest BCUT2D eigenvalue weighted by atomic mass is 32.1. The Labute approximate surface area is 131 Å². The molecule has 0 aliphatic carbocycles. The standard InChI is InChI=1S/C17H12N2S2/c1-12-4-6-13(7-5-12)16-11-21-17(19-16)14(10-18)9-15-3-2-8-20-15/h2-9,11H,1H3/b14-9-. The summed E-state index contributed by atoms with van der Waals surface area (Å²) in [6.07, 6.45) is 1.89. The van der Waals surface area contributed by atoms with Gasteiger partial charge in [-0.25, -0.2) is 4.98 Å². The fourth-order valence-electron chi connectivity index (χ4n) is 1.91. The zero-order valence-electron chi connectivity index (χ0n) is 11.4. The monoisotopic (exact) mass is 308 g/mol. The van der Waals surface area contributed by atoms with Gasteiger partial charge in [0, 0.05) is 15.8 Å². The molecule has 0 aliphatic heterocycles. The minimum atomic E-state index is 0.612. The lowest BCUT2D eigenvalue weighted by molar-refractivity contribution is 1.36. The molecular weight excluding hydrogens is 296 g/mol. The van der Waals surface area contributed by atoms with E-state index in [1.165, 1.54) is 16.9 Å². The maximum atomic E-state index is 9.35. The molecule has 0 spiro atoms. The lowest BCUT2D eigenvalue weighted by Gasteiger charge is -1.97. The van der Waals surface area contributed by atoms with Gasteiger partial charge in [-0.2, -0.15) is 5.26 Å². The van der Waals surface area contributed by atoms with Crippen molar-refractivity contribution in [2.75, 3.05) is 0 Å². The van der Waals surface area contributed by atoms with Crippen molar-refractivity contribution in [3.63, 3.8) is 0 Å². The Kier molecular flexibility index (Phi) is 3.96. The summed E-state index contributed by atoms with van der Waals surface area (Å²) in [5.74, 6) is 0. The highest BCUT2D eigenvalue weighted by Gasteiger charge is 2.09. The Balaban J connectivity index is 1.94. The van der Waals surface area contributed by atoms with E-state index in [4.69, 9.17) is 0 Å². The van der Waals surface area contributed by atoms with Gasteiger partial charge in [-0.3, -0.25) is 0 Å². The molecule has 3 aromatic rings. The molecule has 0 saturated carbocycles. The molecule has 0 atom stereocenters. The van der Waals surface area contributed by atoms with Crippen molar-refractivity contribution in [1.29, 1.82) is 5.26 Å². The van der Waals surface area contributed by atoms with Crippen LogP contribution in [-0.4, -0.2) is 4.98 Å². The lowest BCUT2D eigenvalue weighted by atomic mass is 10.1. The predicted molar refractivity (Wildman–Crippen MR) is 90.1 cm³/mol. The minimum Gasteiger partial charge on any atom is -0.235 e. The molecule has 4 heteroatoms. The Morgan fingerprint density at radius 2 is 2.00 bits per heavy atom. The van der Waals surface area contributed by atoms with Crippen LogP contribution in [0, 0.1) is 18.3 Å².